The summed E-state index contributed by atoms with van der Waals surface area (Å²) in [5, 5.41) is 0. The molecule has 2 heterocycles. The van der Waals surface area contributed by atoms with Gasteiger partial charge in [-0.2, -0.15) is 0 Å². The summed E-state index contributed by atoms with van der Waals surface area (Å²) in [5.74, 6) is -0.278. The number of carbonyl (C=O) groups excluding carboxylic acids is 2. The van der Waals surface area contributed by atoms with Gasteiger partial charge in [0.2, 0.25) is 6.23 Å². The number of allylic oxidation sites excluding steroid dienone is 1. The number of hydrogen-bond acceptors (Lipinski definition) is 5. The molecular formula is C23H22N2O4. The van der Waals surface area contributed by atoms with Crippen LogP contribution in [-0.4, -0.2) is 34.9 Å². The molecule has 0 saturated carbocycles. The first-order chi connectivity index (χ1) is 14.0. The van der Waals surface area contributed by atoms with Gasteiger partial charge in [-0.25, -0.2) is 9.79 Å². The van der Waals surface area contributed by atoms with E-state index in [0.29, 0.717) is 17.9 Å². The smallest absolute Gasteiger partial charge is 0.355 e. The second kappa shape index (κ2) is 7.91. The van der Waals surface area contributed by atoms with Crippen LogP contribution in [0.15, 0.2) is 76.9 Å². The van der Waals surface area contributed by atoms with Crippen molar-refractivity contribution in [1.82, 2.24) is 4.90 Å². The second-order valence-corrected chi connectivity index (χ2v) is 7.26. The van der Waals surface area contributed by atoms with Gasteiger partial charge in [-0.1, -0.05) is 60.7 Å². The highest BCUT2D eigenvalue weighted by Gasteiger charge is 2.56. The molecule has 1 saturated heterocycles. The highest BCUT2D eigenvalue weighted by molar-refractivity contribution is 6.02. The Morgan fingerprint density at radius 1 is 1.03 bits per heavy atom. The molecule has 0 radical (unpaired) electrons. The van der Waals surface area contributed by atoms with E-state index < -0.39 is 18.2 Å². The molecule has 0 aliphatic carbocycles. The van der Waals surface area contributed by atoms with Gasteiger partial charge in [0.1, 0.15) is 12.3 Å². The molecule has 1 amide bonds. The number of β-lactam (4-membered cyclic amide) rings is 1. The van der Waals surface area contributed by atoms with E-state index in [-0.39, 0.29) is 18.2 Å². The van der Waals surface area contributed by atoms with E-state index >= 15 is 0 Å². The third kappa shape index (κ3) is 3.78. The maximum Gasteiger partial charge on any atom is 0.355 e. The lowest BCUT2D eigenvalue weighted by Gasteiger charge is -2.41. The maximum absolute atomic E-state index is 12.7. The Morgan fingerprint density at radius 3 is 2.28 bits per heavy atom. The van der Waals surface area contributed by atoms with E-state index in [4.69, 9.17) is 9.47 Å². The van der Waals surface area contributed by atoms with Gasteiger partial charge in [-0.05, 0) is 30.5 Å². The van der Waals surface area contributed by atoms with Gasteiger partial charge in [0.15, 0.2) is 11.9 Å². The second-order valence-electron chi connectivity index (χ2n) is 7.26. The number of hydrogen-bond donors (Lipinski definition) is 0. The molecule has 6 nitrogen and oxygen atoms in total. The summed E-state index contributed by atoms with van der Waals surface area (Å²) in [6, 6.07) is 18.6. The van der Waals surface area contributed by atoms with Crippen molar-refractivity contribution >= 4 is 17.8 Å². The monoisotopic (exact) mass is 390 g/mol. The molecule has 148 valence electrons. The van der Waals surface area contributed by atoms with Gasteiger partial charge in [0.25, 0.3) is 5.91 Å². The van der Waals surface area contributed by atoms with Crippen LogP contribution in [0, 0.1) is 0 Å². The number of aliphatic imine (C=N–C) groups is 1. The van der Waals surface area contributed by atoms with Crippen molar-refractivity contribution in [3.63, 3.8) is 0 Å². The standard InChI is InChI=1S/C23H22N2O4/c1-15(2)20(23(27)28-14-17-11-7-4-8-12-17)25-21(26)19-22(25)29-18(24-19)13-16-9-5-3-6-10-16/h3-12,19,22H,13-14H2,1-2H3/t19-,22-/m1/s1. The number of fused-ring (bicyclic) bond motifs is 1. The molecule has 4 rings (SSSR count). The molecule has 0 bridgehead atoms. The fourth-order valence-electron chi connectivity index (χ4n) is 3.44. The van der Waals surface area contributed by atoms with Crippen molar-refractivity contribution < 1.29 is 19.1 Å². The van der Waals surface area contributed by atoms with Crippen molar-refractivity contribution in [2.24, 2.45) is 4.99 Å². The number of likely N-dealkylation sites (tertiary alicyclic amines) is 1. The van der Waals surface area contributed by atoms with Crippen molar-refractivity contribution in [2.75, 3.05) is 0 Å². The average Bonchev–Trinajstić information content (AvgIpc) is 3.10. The molecule has 2 aliphatic heterocycles. The minimum Gasteiger partial charge on any atom is -0.456 e. The van der Waals surface area contributed by atoms with Gasteiger partial charge in [-0.3, -0.25) is 9.69 Å². The minimum atomic E-state index is -0.593. The third-order valence-electron chi connectivity index (χ3n) is 4.87. The summed E-state index contributed by atoms with van der Waals surface area (Å²) in [6.45, 7) is 3.70. The summed E-state index contributed by atoms with van der Waals surface area (Å²) in [6.07, 6.45) is -0.0761. The number of amides is 1. The van der Waals surface area contributed by atoms with Crippen molar-refractivity contribution in [3.05, 3.63) is 83.1 Å². The van der Waals surface area contributed by atoms with Crippen LogP contribution in [0.5, 0.6) is 0 Å². The lowest BCUT2D eigenvalue weighted by atomic mass is 10.0. The number of rotatable bonds is 6. The zero-order chi connectivity index (χ0) is 20.4. The Labute approximate surface area is 169 Å². The van der Waals surface area contributed by atoms with Crippen LogP contribution >= 0.6 is 0 Å². The van der Waals surface area contributed by atoms with Crippen LogP contribution in [0.25, 0.3) is 0 Å². The number of carbonyl (C=O) groups is 2. The predicted octanol–water partition coefficient (Wildman–Crippen LogP) is 3.23. The molecule has 2 atom stereocenters. The van der Waals surface area contributed by atoms with Crippen LogP contribution in [0.2, 0.25) is 0 Å². The molecule has 0 spiro atoms. The van der Waals surface area contributed by atoms with Gasteiger partial charge in [-0.15, -0.1) is 0 Å². The summed E-state index contributed by atoms with van der Waals surface area (Å²) < 4.78 is 11.3. The Hall–Kier alpha value is -3.41. The van der Waals surface area contributed by atoms with E-state index in [0.717, 1.165) is 11.1 Å². The summed E-state index contributed by atoms with van der Waals surface area (Å²) in [7, 11) is 0. The van der Waals surface area contributed by atoms with Crippen LogP contribution in [0.3, 0.4) is 0 Å². The summed E-state index contributed by atoms with van der Waals surface area (Å²) in [4.78, 5) is 31.2. The summed E-state index contributed by atoms with van der Waals surface area (Å²) in [5.41, 5.74) is 2.85. The predicted molar refractivity (Wildman–Crippen MR) is 108 cm³/mol. The lowest BCUT2D eigenvalue weighted by Crippen LogP contribution is -2.63. The zero-order valence-corrected chi connectivity index (χ0v) is 16.4. The maximum atomic E-state index is 12.7. The SMILES string of the molecule is CC(C)=C(C(=O)OCc1ccccc1)N1C(=O)[C@H]2N=C(Cc3ccccc3)O[C@H]21. The van der Waals surface area contributed by atoms with E-state index in [1.165, 1.54) is 4.90 Å². The number of benzene rings is 2. The van der Waals surface area contributed by atoms with Crippen molar-refractivity contribution in [2.45, 2.75) is 39.1 Å². The van der Waals surface area contributed by atoms with Gasteiger partial charge < -0.3 is 9.47 Å². The van der Waals surface area contributed by atoms with Crippen LogP contribution in [0.4, 0.5) is 0 Å². The molecular weight excluding hydrogens is 368 g/mol. The average molecular weight is 390 g/mol. The van der Waals surface area contributed by atoms with E-state index in [2.05, 4.69) is 4.99 Å². The Morgan fingerprint density at radius 2 is 1.66 bits per heavy atom. The normalized spacial score (nSPS) is 19.6. The molecule has 0 N–H and O–H groups in total. The summed E-state index contributed by atoms with van der Waals surface area (Å²) >= 11 is 0. The number of esters is 1. The highest BCUT2D eigenvalue weighted by Crippen LogP contribution is 2.35. The Balaban J connectivity index is 1.44. The number of ether oxygens (including phenoxy) is 2. The number of nitrogens with zero attached hydrogens (tertiary/aromatic N) is 2. The molecule has 29 heavy (non-hydrogen) atoms. The fourth-order valence-corrected chi connectivity index (χ4v) is 3.44. The third-order valence-corrected chi connectivity index (χ3v) is 4.87. The topological polar surface area (TPSA) is 68.2 Å². The van der Waals surface area contributed by atoms with Crippen molar-refractivity contribution in [3.8, 4) is 0 Å². The Bertz CT molecular complexity index is 978. The first-order valence-corrected chi connectivity index (χ1v) is 9.53. The van der Waals surface area contributed by atoms with Gasteiger partial charge in [0, 0.05) is 6.42 Å². The van der Waals surface area contributed by atoms with E-state index in [1.807, 2.05) is 60.7 Å². The van der Waals surface area contributed by atoms with Gasteiger partial charge >= 0.3 is 5.97 Å². The molecule has 2 aromatic carbocycles. The molecule has 0 unspecified atom stereocenters. The first-order valence-electron chi connectivity index (χ1n) is 9.53. The molecule has 2 aromatic rings. The van der Waals surface area contributed by atoms with Crippen LogP contribution < -0.4 is 0 Å². The Kier molecular flexibility index (Phi) is 5.16. The minimum absolute atomic E-state index is 0.142. The molecule has 0 aromatic heterocycles. The largest absolute Gasteiger partial charge is 0.456 e. The molecule has 1 fully saturated rings. The van der Waals surface area contributed by atoms with Crippen LogP contribution in [0.1, 0.15) is 25.0 Å². The van der Waals surface area contributed by atoms with E-state index in [9.17, 15) is 9.59 Å². The highest BCUT2D eigenvalue weighted by atomic mass is 16.5. The van der Waals surface area contributed by atoms with Crippen LogP contribution in [-0.2, 0) is 32.1 Å². The lowest BCUT2D eigenvalue weighted by molar-refractivity contribution is -0.164. The van der Waals surface area contributed by atoms with Gasteiger partial charge in [0.05, 0.1) is 0 Å². The molecule has 6 heteroatoms. The van der Waals surface area contributed by atoms with Crippen molar-refractivity contribution in [1.29, 1.82) is 0 Å². The molecule has 2 aliphatic rings. The first kappa shape index (κ1) is 18.9. The zero-order valence-electron chi connectivity index (χ0n) is 16.4. The fraction of sp³-hybridized carbons (Fsp3) is 0.261. The van der Waals surface area contributed by atoms with E-state index in [1.54, 1.807) is 13.8 Å². The quantitative estimate of drug-likeness (QED) is 0.431.